The Hall–Kier alpha value is -2.18. The van der Waals surface area contributed by atoms with Gasteiger partial charge < -0.3 is 20.3 Å². The molecule has 0 aromatic heterocycles. The largest absolute Gasteiger partial charge is 0.458 e. The van der Waals surface area contributed by atoms with Gasteiger partial charge in [-0.1, -0.05) is 224 Å². The standard InChI is InChI=1S/C53H97NO5/c1-4-7-10-13-16-19-22-23-24-25-26-27-28-31-34-37-40-43-46-53(58)59-49(44-41-38-35-32-29-20-17-14-11-8-5-2)47-52(57)54-50(48-55)51(56)45-42-39-36-33-30-21-18-15-12-9-6-3/h24-27,32,35,41,44,49-51,55-56H,4-23,28-31,33-34,36-40,42-43,45-48H2,1-3H3,(H,54,57)/b25-24+,27-26+,35-32-,44-41+. The lowest BCUT2D eigenvalue weighted by atomic mass is 10.0. The van der Waals surface area contributed by atoms with E-state index in [-0.39, 0.29) is 24.9 Å². The van der Waals surface area contributed by atoms with Crippen molar-refractivity contribution in [2.75, 3.05) is 6.61 Å². The monoisotopic (exact) mass is 828 g/mol. The first-order valence-corrected chi connectivity index (χ1v) is 25.4. The molecule has 0 spiro atoms. The Balaban J connectivity index is 4.62. The highest BCUT2D eigenvalue weighted by Gasteiger charge is 2.23. The average molecular weight is 828 g/mol. The third kappa shape index (κ3) is 42.3. The molecule has 3 unspecified atom stereocenters. The van der Waals surface area contributed by atoms with Crippen molar-refractivity contribution in [1.82, 2.24) is 5.32 Å². The van der Waals surface area contributed by atoms with Gasteiger partial charge >= 0.3 is 5.97 Å². The van der Waals surface area contributed by atoms with Crippen LogP contribution in [0, 0.1) is 0 Å². The van der Waals surface area contributed by atoms with E-state index in [0.717, 1.165) is 64.2 Å². The highest BCUT2D eigenvalue weighted by Crippen LogP contribution is 2.15. The summed E-state index contributed by atoms with van der Waals surface area (Å²) in [7, 11) is 0. The molecule has 0 saturated heterocycles. The Bertz CT molecular complexity index is 1020. The molecule has 0 aliphatic carbocycles. The minimum absolute atomic E-state index is 0.0345. The van der Waals surface area contributed by atoms with Gasteiger partial charge in [-0.25, -0.2) is 0 Å². The molecule has 0 radical (unpaired) electrons. The van der Waals surface area contributed by atoms with Crippen LogP contribution >= 0.6 is 0 Å². The van der Waals surface area contributed by atoms with Crippen molar-refractivity contribution < 1.29 is 24.5 Å². The maximum atomic E-state index is 13.1. The maximum absolute atomic E-state index is 13.1. The van der Waals surface area contributed by atoms with E-state index in [9.17, 15) is 19.8 Å². The number of rotatable bonds is 45. The molecule has 0 aromatic rings. The number of carbonyl (C=O) groups excluding carboxylic acids is 2. The van der Waals surface area contributed by atoms with E-state index in [1.54, 1.807) is 0 Å². The zero-order valence-corrected chi connectivity index (χ0v) is 39.1. The summed E-state index contributed by atoms with van der Waals surface area (Å²) < 4.78 is 5.81. The van der Waals surface area contributed by atoms with Crippen LogP contribution in [0.2, 0.25) is 0 Å². The fourth-order valence-corrected chi connectivity index (χ4v) is 7.50. The van der Waals surface area contributed by atoms with Gasteiger partial charge in [0.25, 0.3) is 0 Å². The lowest BCUT2D eigenvalue weighted by Gasteiger charge is -2.23. The predicted octanol–water partition coefficient (Wildman–Crippen LogP) is 15.1. The number of hydrogen-bond acceptors (Lipinski definition) is 5. The maximum Gasteiger partial charge on any atom is 0.306 e. The van der Waals surface area contributed by atoms with E-state index >= 15 is 0 Å². The number of hydrogen-bond donors (Lipinski definition) is 3. The summed E-state index contributed by atoms with van der Waals surface area (Å²) in [5.41, 5.74) is 0. The summed E-state index contributed by atoms with van der Waals surface area (Å²) >= 11 is 0. The number of allylic oxidation sites excluding steroid dienone is 7. The second-order valence-corrected chi connectivity index (χ2v) is 17.2. The smallest absolute Gasteiger partial charge is 0.306 e. The molecule has 0 aliphatic heterocycles. The predicted molar refractivity (Wildman–Crippen MR) is 255 cm³/mol. The summed E-state index contributed by atoms with van der Waals surface area (Å²) in [6, 6.07) is -0.734. The minimum Gasteiger partial charge on any atom is -0.458 e. The van der Waals surface area contributed by atoms with Crippen LogP contribution in [-0.4, -0.2) is 46.9 Å². The lowest BCUT2D eigenvalue weighted by Crippen LogP contribution is -2.46. The molecule has 344 valence electrons. The molecular formula is C53H97NO5. The van der Waals surface area contributed by atoms with Crippen LogP contribution in [0.25, 0.3) is 0 Å². The summed E-state index contributed by atoms with van der Waals surface area (Å²) in [5, 5.41) is 23.6. The van der Waals surface area contributed by atoms with E-state index in [2.05, 4.69) is 62.5 Å². The van der Waals surface area contributed by atoms with Gasteiger partial charge in [0.1, 0.15) is 6.10 Å². The molecule has 3 atom stereocenters. The number of amides is 1. The number of ether oxygens (including phenoxy) is 1. The molecule has 59 heavy (non-hydrogen) atoms. The van der Waals surface area contributed by atoms with Gasteiger partial charge in [-0.15, -0.1) is 0 Å². The molecule has 0 fully saturated rings. The van der Waals surface area contributed by atoms with Gasteiger partial charge in [0.2, 0.25) is 5.91 Å². The summed E-state index contributed by atoms with van der Waals surface area (Å²) in [4.78, 5) is 26.0. The second kappa shape index (κ2) is 46.9. The lowest BCUT2D eigenvalue weighted by molar-refractivity contribution is -0.148. The first-order chi connectivity index (χ1) is 29.0. The van der Waals surface area contributed by atoms with Crippen LogP contribution in [0.5, 0.6) is 0 Å². The fraction of sp³-hybridized carbons (Fsp3) is 0.811. The number of carbonyl (C=O) groups is 2. The molecule has 0 bridgehead atoms. The Morgan fingerprint density at radius 2 is 0.949 bits per heavy atom. The molecule has 0 heterocycles. The van der Waals surface area contributed by atoms with Gasteiger partial charge in [0.15, 0.2) is 0 Å². The topological polar surface area (TPSA) is 95.9 Å². The number of nitrogens with one attached hydrogen (secondary N) is 1. The van der Waals surface area contributed by atoms with Crippen LogP contribution in [0.1, 0.15) is 252 Å². The molecule has 6 heteroatoms. The van der Waals surface area contributed by atoms with E-state index in [1.165, 1.54) is 141 Å². The van der Waals surface area contributed by atoms with Crippen molar-refractivity contribution in [3.05, 3.63) is 48.6 Å². The van der Waals surface area contributed by atoms with Crippen LogP contribution in [0.3, 0.4) is 0 Å². The van der Waals surface area contributed by atoms with Crippen LogP contribution in [0.15, 0.2) is 48.6 Å². The highest BCUT2D eigenvalue weighted by molar-refractivity contribution is 5.78. The molecule has 3 N–H and O–H groups in total. The highest BCUT2D eigenvalue weighted by atomic mass is 16.5. The minimum atomic E-state index is -0.812. The molecule has 0 aromatic carbocycles. The van der Waals surface area contributed by atoms with E-state index in [4.69, 9.17) is 4.74 Å². The third-order valence-corrected chi connectivity index (χ3v) is 11.4. The zero-order chi connectivity index (χ0) is 43.1. The Morgan fingerprint density at radius 1 is 0.525 bits per heavy atom. The van der Waals surface area contributed by atoms with Gasteiger partial charge in [-0.2, -0.15) is 0 Å². The molecule has 0 aliphatic rings. The SMILES string of the molecule is CCCCCCCC/C=C\C/C=C/C(CC(=O)NC(CO)C(O)CCCCCCCCCCCCC)OC(=O)CCCCCCC/C=C/C=C/CCCCCCCCC. The van der Waals surface area contributed by atoms with Gasteiger partial charge in [0.05, 0.1) is 25.2 Å². The molecule has 1 amide bonds. The van der Waals surface area contributed by atoms with E-state index in [1.807, 2.05) is 12.2 Å². The molecule has 0 saturated carbocycles. The Labute approximate surface area is 366 Å². The normalized spacial score (nSPS) is 13.6. The average Bonchev–Trinajstić information content (AvgIpc) is 3.23. The van der Waals surface area contributed by atoms with Gasteiger partial charge in [-0.3, -0.25) is 9.59 Å². The van der Waals surface area contributed by atoms with Crippen molar-refractivity contribution in [1.29, 1.82) is 0 Å². The first kappa shape index (κ1) is 56.8. The van der Waals surface area contributed by atoms with Gasteiger partial charge in [-0.05, 0) is 63.9 Å². The third-order valence-electron chi connectivity index (χ3n) is 11.4. The van der Waals surface area contributed by atoms with Gasteiger partial charge in [0, 0.05) is 6.42 Å². The summed E-state index contributed by atoms with van der Waals surface area (Å²) in [6.45, 7) is 6.43. The number of aliphatic hydroxyl groups excluding tert-OH is 2. The molecular weight excluding hydrogens is 731 g/mol. The first-order valence-electron chi connectivity index (χ1n) is 25.4. The number of aliphatic hydroxyl groups is 2. The van der Waals surface area contributed by atoms with E-state index in [0.29, 0.717) is 19.3 Å². The zero-order valence-electron chi connectivity index (χ0n) is 39.1. The molecule has 0 rings (SSSR count). The van der Waals surface area contributed by atoms with Crippen molar-refractivity contribution in [3.63, 3.8) is 0 Å². The summed E-state index contributed by atoms with van der Waals surface area (Å²) in [6.07, 6.45) is 56.3. The van der Waals surface area contributed by atoms with Crippen molar-refractivity contribution in [2.45, 2.75) is 270 Å². The van der Waals surface area contributed by atoms with Crippen LogP contribution < -0.4 is 5.32 Å². The van der Waals surface area contributed by atoms with Crippen molar-refractivity contribution in [3.8, 4) is 0 Å². The fourth-order valence-electron chi connectivity index (χ4n) is 7.50. The van der Waals surface area contributed by atoms with Crippen molar-refractivity contribution >= 4 is 11.9 Å². The molecule has 6 nitrogen and oxygen atoms in total. The van der Waals surface area contributed by atoms with Crippen molar-refractivity contribution in [2.24, 2.45) is 0 Å². The number of unbranched alkanes of at least 4 members (excludes halogenated alkanes) is 28. The van der Waals surface area contributed by atoms with E-state index < -0.39 is 18.2 Å². The van der Waals surface area contributed by atoms with Crippen LogP contribution in [-0.2, 0) is 14.3 Å². The van der Waals surface area contributed by atoms with Crippen LogP contribution in [0.4, 0.5) is 0 Å². The quantitative estimate of drug-likeness (QED) is 0.0246. The Morgan fingerprint density at radius 3 is 1.42 bits per heavy atom. The Kier molecular flexibility index (Phi) is 45.1. The summed E-state index contributed by atoms with van der Waals surface area (Å²) in [5.74, 6) is -0.617. The number of esters is 1. The second-order valence-electron chi connectivity index (χ2n) is 17.2.